The molecule has 1 unspecified atom stereocenters. The fraction of sp³-hybridized carbons (Fsp3) is 0.909. The van der Waals surface area contributed by atoms with Gasteiger partial charge in [-0.2, -0.15) is 11.8 Å². The van der Waals surface area contributed by atoms with Gasteiger partial charge in [0, 0.05) is 4.75 Å². The lowest BCUT2D eigenvalue weighted by Gasteiger charge is -2.20. The van der Waals surface area contributed by atoms with E-state index < -0.39 is 0 Å². The molecule has 0 rings (SSSR count). The number of esters is 1. The van der Waals surface area contributed by atoms with Crippen LogP contribution in [0.4, 0.5) is 0 Å². The van der Waals surface area contributed by atoms with E-state index in [1.165, 1.54) is 7.11 Å². The number of ether oxygens (including phenoxy) is 1. The minimum absolute atomic E-state index is 0.158. The predicted octanol–water partition coefficient (Wildman–Crippen LogP) is 2.06. The number of thioether (sulfide) groups is 1. The summed E-state index contributed by atoms with van der Waals surface area (Å²) >= 11 is 1.87. The molecule has 0 bridgehead atoms. The highest BCUT2D eigenvalue weighted by Gasteiger charge is 2.19. The number of likely N-dealkylation sites (N-methyl/N-ethyl adjacent to an activating group) is 1. The first-order valence-corrected chi connectivity index (χ1v) is 6.34. The molecule has 0 saturated heterocycles. The SMILES string of the molecule is CCNC(CCSC(C)(C)C)C(=O)OC. The highest BCUT2D eigenvalue weighted by molar-refractivity contribution is 8.00. The van der Waals surface area contributed by atoms with Crippen LogP contribution in [0.5, 0.6) is 0 Å². The largest absolute Gasteiger partial charge is 0.468 e. The van der Waals surface area contributed by atoms with Crippen LogP contribution < -0.4 is 5.32 Å². The van der Waals surface area contributed by atoms with E-state index in [1.807, 2.05) is 18.7 Å². The van der Waals surface area contributed by atoms with Crippen LogP contribution in [0.15, 0.2) is 0 Å². The highest BCUT2D eigenvalue weighted by atomic mass is 32.2. The zero-order chi connectivity index (χ0) is 11.9. The second-order valence-electron chi connectivity index (χ2n) is 4.38. The molecule has 15 heavy (non-hydrogen) atoms. The van der Waals surface area contributed by atoms with E-state index >= 15 is 0 Å². The van der Waals surface area contributed by atoms with E-state index in [4.69, 9.17) is 4.74 Å². The molecule has 0 amide bonds. The van der Waals surface area contributed by atoms with E-state index in [9.17, 15) is 4.79 Å². The maximum absolute atomic E-state index is 11.4. The average Bonchev–Trinajstić information content (AvgIpc) is 2.13. The Labute approximate surface area is 97.3 Å². The van der Waals surface area contributed by atoms with Gasteiger partial charge in [0.2, 0.25) is 0 Å². The van der Waals surface area contributed by atoms with E-state index in [-0.39, 0.29) is 16.8 Å². The van der Waals surface area contributed by atoms with Crippen LogP contribution in [-0.2, 0) is 9.53 Å². The first kappa shape index (κ1) is 14.8. The zero-order valence-corrected chi connectivity index (χ0v) is 11.2. The van der Waals surface area contributed by atoms with Crippen LogP contribution in [0.25, 0.3) is 0 Å². The standard InChI is InChI=1S/C11H23NO2S/c1-6-12-9(10(13)14-5)7-8-15-11(2,3)4/h9,12H,6-8H2,1-5H3. The smallest absolute Gasteiger partial charge is 0.322 e. The highest BCUT2D eigenvalue weighted by Crippen LogP contribution is 2.24. The van der Waals surface area contributed by atoms with E-state index in [0.29, 0.717) is 0 Å². The van der Waals surface area contributed by atoms with Crippen LogP contribution >= 0.6 is 11.8 Å². The minimum atomic E-state index is -0.161. The van der Waals surface area contributed by atoms with Gasteiger partial charge in [0.1, 0.15) is 6.04 Å². The quantitative estimate of drug-likeness (QED) is 0.713. The first-order valence-electron chi connectivity index (χ1n) is 5.36. The van der Waals surface area contributed by atoms with Crippen molar-refractivity contribution in [2.24, 2.45) is 0 Å². The van der Waals surface area contributed by atoms with Gasteiger partial charge in [-0.3, -0.25) is 4.79 Å². The molecule has 90 valence electrons. The summed E-state index contributed by atoms with van der Waals surface area (Å²) in [5.74, 6) is 0.808. The molecule has 0 aliphatic heterocycles. The van der Waals surface area contributed by atoms with Gasteiger partial charge in [0.05, 0.1) is 7.11 Å². The summed E-state index contributed by atoms with van der Waals surface area (Å²) in [6.45, 7) is 9.32. The first-order chi connectivity index (χ1) is 6.90. The second-order valence-corrected chi connectivity index (χ2v) is 6.30. The lowest BCUT2D eigenvalue weighted by atomic mass is 10.2. The second kappa shape index (κ2) is 7.12. The van der Waals surface area contributed by atoms with Gasteiger partial charge >= 0.3 is 5.97 Å². The zero-order valence-electron chi connectivity index (χ0n) is 10.4. The van der Waals surface area contributed by atoms with Crippen molar-refractivity contribution in [2.75, 3.05) is 19.4 Å². The van der Waals surface area contributed by atoms with Crippen LogP contribution in [0, 0.1) is 0 Å². The summed E-state index contributed by atoms with van der Waals surface area (Å²) in [4.78, 5) is 11.4. The van der Waals surface area contributed by atoms with Crippen molar-refractivity contribution in [3.05, 3.63) is 0 Å². The maximum Gasteiger partial charge on any atom is 0.322 e. The Balaban J connectivity index is 3.91. The van der Waals surface area contributed by atoms with E-state index in [2.05, 4.69) is 26.1 Å². The third-order valence-corrected chi connectivity index (χ3v) is 3.18. The molecule has 0 aliphatic carbocycles. The predicted molar refractivity (Wildman–Crippen MR) is 66.3 cm³/mol. The van der Waals surface area contributed by atoms with Gasteiger partial charge in [-0.1, -0.05) is 27.7 Å². The lowest BCUT2D eigenvalue weighted by molar-refractivity contribution is -0.143. The van der Waals surface area contributed by atoms with Crippen molar-refractivity contribution in [1.29, 1.82) is 0 Å². The number of hydrogen-bond donors (Lipinski definition) is 1. The Bertz CT molecular complexity index is 190. The van der Waals surface area contributed by atoms with Crippen molar-refractivity contribution < 1.29 is 9.53 Å². The third kappa shape index (κ3) is 7.68. The van der Waals surface area contributed by atoms with Crippen molar-refractivity contribution >= 4 is 17.7 Å². The molecule has 0 aliphatic rings. The summed E-state index contributed by atoms with van der Waals surface area (Å²) < 4.78 is 4.99. The van der Waals surface area contributed by atoms with Gasteiger partial charge in [-0.15, -0.1) is 0 Å². The van der Waals surface area contributed by atoms with Gasteiger partial charge < -0.3 is 10.1 Å². The molecule has 4 heteroatoms. The summed E-state index contributed by atoms with van der Waals surface area (Å²) in [5, 5.41) is 3.13. The Morgan fingerprint density at radius 1 is 1.47 bits per heavy atom. The summed E-state index contributed by atoms with van der Waals surface area (Å²) in [6.07, 6.45) is 0.822. The minimum Gasteiger partial charge on any atom is -0.468 e. The summed E-state index contributed by atoms with van der Waals surface area (Å²) in [7, 11) is 1.43. The number of rotatable bonds is 6. The molecule has 1 atom stereocenters. The monoisotopic (exact) mass is 233 g/mol. The number of hydrogen-bond acceptors (Lipinski definition) is 4. The summed E-state index contributed by atoms with van der Waals surface area (Å²) in [5.41, 5.74) is 0. The Hall–Kier alpha value is -0.220. The Morgan fingerprint density at radius 2 is 2.07 bits per heavy atom. The van der Waals surface area contributed by atoms with Crippen LogP contribution in [0.1, 0.15) is 34.1 Å². The van der Waals surface area contributed by atoms with Gasteiger partial charge in [0.25, 0.3) is 0 Å². The molecule has 0 heterocycles. The molecule has 0 saturated carbocycles. The molecule has 0 fully saturated rings. The molecule has 3 nitrogen and oxygen atoms in total. The average molecular weight is 233 g/mol. The lowest BCUT2D eigenvalue weighted by Crippen LogP contribution is -2.38. The maximum atomic E-state index is 11.4. The fourth-order valence-electron chi connectivity index (χ4n) is 1.17. The molecule has 0 aromatic rings. The van der Waals surface area contributed by atoms with Crippen molar-refractivity contribution in [2.45, 2.75) is 44.9 Å². The number of methoxy groups -OCH3 is 1. The molecule has 0 radical (unpaired) electrons. The molecular formula is C11H23NO2S. The van der Waals surface area contributed by atoms with Crippen LogP contribution in [0.3, 0.4) is 0 Å². The van der Waals surface area contributed by atoms with Crippen LogP contribution in [0.2, 0.25) is 0 Å². The van der Waals surface area contributed by atoms with E-state index in [0.717, 1.165) is 18.7 Å². The van der Waals surface area contributed by atoms with Crippen molar-refractivity contribution in [3.8, 4) is 0 Å². The fourth-order valence-corrected chi connectivity index (χ4v) is 2.14. The number of nitrogens with one attached hydrogen (secondary N) is 1. The molecule has 1 N–H and O–H groups in total. The normalized spacial score (nSPS) is 13.7. The Kier molecular flexibility index (Phi) is 7.02. The van der Waals surface area contributed by atoms with Crippen molar-refractivity contribution in [1.82, 2.24) is 5.32 Å². The number of carbonyl (C=O) groups is 1. The van der Waals surface area contributed by atoms with Crippen molar-refractivity contribution in [3.63, 3.8) is 0 Å². The van der Waals surface area contributed by atoms with Gasteiger partial charge in [-0.05, 0) is 18.7 Å². The van der Waals surface area contributed by atoms with Crippen LogP contribution in [-0.4, -0.2) is 36.2 Å². The number of carbonyl (C=O) groups excluding carboxylic acids is 1. The molecular weight excluding hydrogens is 210 g/mol. The topological polar surface area (TPSA) is 38.3 Å². The molecule has 0 aromatic carbocycles. The van der Waals surface area contributed by atoms with E-state index in [1.54, 1.807) is 0 Å². The third-order valence-electron chi connectivity index (χ3n) is 1.88. The van der Waals surface area contributed by atoms with Gasteiger partial charge in [-0.25, -0.2) is 0 Å². The molecule has 0 spiro atoms. The summed E-state index contributed by atoms with van der Waals surface area (Å²) in [6, 6.07) is -0.158. The van der Waals surface area contributed by atoms with Gasteiger partial charge in [0.15, 0.2) is 0 Å². The Morgan fingerprint density at radius 3 is 2.47 bits per heavy atom. The molecule has 0 aromatic heterocycles.